The van der Waals surface area contributed by atoms with Gasteiger partial charge in [0.25, 0.3) is 0 Å². The summed E-state index contributed by atoms with van der Waals surface area (Å²) in [5.74, 6) is -0.0342. The van der Waals surface area contributed by atoms with Gasteiger partial charge < -0.3 is 38.6 Å². The number of sulfonamides is 1. The average Bonchev–Trinajstić information content (AvgIpc) is 3.58. The van der Waals surface area contributed by atoms with E-state index in [1.165, 1.54) is 21.3 Å². The highest BCUT2D eigenvalue weighted by molar-refractivity contribution is 7.90. The van der Waals surface area contributed by atoms with Crippen molar-refractivity contribution in [3.8, 4) is 11.5 Å². The second kappa shape index (κ2) is 11.0. The Morgan fingerprint density at radius 2 is 1.80 bits per heavy atom. The molecule has 14 heteroatoms. The lowest BCUT2D eigenvalue weighted by atomic mass is 9.70. The summed E-state index contributed by atoms with van der Waals surface area (Å²) in [4.78, 5) is 15.3. The molecule has 226 valence electrons. The van der Waals surface area contributed by atoms with Crippen LogP contribution < -0.4 is 9.47 Å². The van der Waals surface area contributed by atoms with Crippen LogP contribution in [0.3, 0.4) is 0 Å². The molecular weight excluding hydrogens is 560 g/mol. The number of hydrogen-bond donors (Lipinski definition) is 2. The van der Waals surface area contributed by atoms with E-state index >= 15 is 0 Å². The first-order valence-electron chi connectivity index (χ1n) is 13.3. The van der Waals surface area contributed by atoms with Crippen molar-refractivity contribution in [2.24, 2.45) is 5.92 Å². The van der Waals surface area contributed by atoms with Crippen molar-refractivity contribution in [3.63, 3.8) is 0 Å². The lowest BCUT2D eigenvalue weighted by Crippen LogP contribution is -2.60. The first-order valence-corrected chi connectivity index (χ1v) is 14.7. The molecular formula is C27H36N2O11S. The van der Waals surface area contributed by atoms with Crippen molar-refractivity contribution >= 4 is 16.0 Å². The van der Waals surface area contributed by atoms with E-state index in [0.29, 0.717) is 35.6 Å². The molecule has 1 aromatic rings. The van der Waals surface area contributed by atoms with Crippen LogP contribution in [0.15, 0.2) is 35.0 Å². The molecule has 1 aromatic carbocycles. The van der Waals surface area contributed by atoms with Crippen LogP contribution in [-0.2, 0) is 29.0 Å². The fourth-order valence-corrected chi connectivity index (χ4v) is 8.82. The molecule has 3 aliphatic heterocycles. The summed E-state index contributed by atoms with van der Waals surface area (Å²) in [7, 11) is 2.01. The van der Waals surface area contributed by atoms with Gasteiger partial charge in [-0.25, -0.2) is 13.2 Å². The van der Waals surface area contributed by atoms with Gasteiger partial charge in [0.1, 0.15) is 11.7 Å². The van der Waals surface area contributed by atoms with Gasteiger partial charge in [-0.1, -0.05) is 6.07 Å². The summed E-state index contributed by atoms with van der Waals surface area (Å²) in [6.45, 7) is 0.562. The number of rotatable bonds is 10. The number of aliphatic hydroxyl groups excluding tert-OH is 2. The smallest absolute Gasteiger partial charge is 0.343 e. The van der Waals surface area contributed by atoms with Crippen LogP contribution in [0.2, 0.25) is 0 Å². The third-order valence-corrected chi connectivity index (χ3v) is 11.1. The molecule has 0 radical (unpaired) electrons. The Balaban J connectivity index is 1.71. The van der Waals surface area contributed by atoms with Crippen molar-refractivity contribution < 1.29 is 51.8 Å². The minimum absolute atomic E-state index is 0.113. The topological polar surface area (TPSA) is 154 Å². The van der Waals surface area contributed by atoms with Gasteiger partial charge in [-0.05, 0) is 33.0 Å². The van der Waals surface area contributed by atoms with Crippen molar-refractivity contribution in [2.45, 2.75) is 30.2 Å². The molecule has 0 aromatic heterocycles. The van der Waals surface area contributed by atoms with E-state index in [2.05, 4.69) is 0 Å². The van der Waals surface area contributed by atoms with Gasteiger partial charge in [-0.3, -0.25) is 4.90 Å². The zero-order valence-electron chi connectivity index (χ0n) is 23.7. The quantitative estimate of drug-likeness (QED) is 0.366. The molecule has 0 saturated carbocycles. The first-order chi connectivity index (χ1) is 19.6. The molecule has 0 amide bonds. The van der Waals surface area contributed by atoms with E-state index in [9.17, 15) is 23.4 Å². The number of piperidine rings is 1. The van der Waals surface area contributed by atoms with Crippen molar-refractivity contribution in [1.82, 2.24) is 9.21 Å². The monoisotopic (exact) mass is 596 g/mol. The Morgan fingerprint density at radius 3 is 2.41 bits per heavy atom. The summed E-state index contributed by atoms with van der Waals surface area (Å²) >= 11 is 0. The van der Waals surface area contributed by atoms with E-state index in [1.54, 1.807) is 19.1 Å². The average molecular weight is 597 g/mol. The largest absolute Gasteiger partial charge is 0.493 e. The number of likely N-dealkylation sites (tertiary alicyclic amines) is 1. The third kappa shape index (κ3) is 4.18. The number of nitrogens with zero attached hydrogens (tertiary/aromatic N) is 2. The molecule has 1 fully saturated rings. The van der Waals surface area contributed by atoms with Crippen LogP contribution in [0.1, 0.15) is 35.4 Å². The normalized spacial score (nSPS) is 27.6. The van der Waals surface area contributed by atoms with Crippen LogP contribution >= 0.6 is 0 Å². The van der Waals surface area contributed by atoms with Gasteiger partial charge in [-0.2, -0.15) is 4.31 Å². The number of esters is 1. The van der Waals surface area contributed by atoms with Gasteiger partial charge in [-0.15, -0.1) is 0 Å². The highest BCUT2D eigenvalue weighted by atomic mass is 32.2. The molecule has 3 heterocycles. The molecule has 2 N–H and O–H groups in total. The predicted octanol–water partition coefficient (Wildman–Crippen LogP) is 0.741. The highest BCUT2D eigenvalue weighted by Crippen LogP contribution is 2.57. The van der Waals surface area contributed by atoms with E-state index in [-0.39, 0.29) is 42.7 Å². The van der Waals surface area contributed by atoms with E-state index in [1.807, 2.05) is 11.9 Å². The maximum atomic E-state index is 14.4. The second-order valence-corrected chi connectivity index (χ2v) is 12.7. The minimum atomic E-state index is -4.26. The molecule has 0 spiro atoms. The zero-order chi connectivity index (χ0) is 29.7. The standard InChI is InChI=1S/C27H36N2O11S/c1-27(41(33,34)29(10-12-30)11-13-31)16-8-9-28(2)20(19(16)23(37-5)24-25(27)39-14-38-24)21-15-6-7-17(35-3)22(36-4)18(15)26(32)40-21/h6-7,16,20-21,30-31H,8-14H2,1-5H3/t16?,20-,21+,27?/m1/s1. The molecule has 1 aliphatic carbocycles. The number of cyclic esters (lactones) is 1. The third-order valence-electron chi connectivity index (χ3n) is 8.52. The van der Waals surface area contributed by atoms with E-state index in [4.69, 9.17) is 28.4 Å². The Kier molecular flexibility index (Phi) is 7.89. The molecule has 2 unspecified atom stereocenters. The first kappa shape index (κ1) is 29.5. The molecule has 4 aliphatic rings. The number of fused-ring (bicyclic) bond motifs is 2. The number of benzene rings is 1. The second-order valence-electron chi connectivity index (χ2n) is 10.4. The van der Waals surface area contributed by atoms with Gasteiger partial charge in [0.05, 0.1) is 40.6 Å². The molecule has 0 bridgehead atoms. The molecule has 1 saturated heterocycles. The summed E-state index contributed by atoms with van der Waals surface area (Å²) in [5, 5.41) is 19.3. The van der Waals surface area contributed by atoms with Crippen molar-refractivity contribution in [1.29, 1.82) is 0 Å². The zero-order valence-corrected chi connectivity index (χ0v) is 24.5. The number of carbonyl (C=O) groups excluding carboxylic acids is 1. The Hall–Kier alpha value is -3.04. The van der Waals surface area contributed by atoms with E-state index < -0.39 is 52.0 Å². The van der Waals surface area contributed by atoms with Crippen LogP contribution in [0.4, 0.5) is 0 Å². The maximum absolute atomic E-state index is 14.4. The van der Waals surface area contributed by atoms with Crippen LogP contribution in [0.25, 0.3) is 0 Å². The van der Waals surface area contributed by atoms with Gasteiger partial charge in [0.15, 0.2) is 27.8 Å². The fraction of sp³-hybridized carbons (Fsp3) is 0.593. The Bertz CT molecular complexity index is 1390. The Morgan fingerprint density at radius 1 is 1.10 bits per heavy atom. The Labute approximate surface area is 238 Å². The number of likely N-dealkylation sites (N-methyl/N-ethyl adjacent to an activating group) is 1. The van der Waals surface area contributed by atoms with Crippen LogP contribution in [0, 0.1) is 5.92 Å². The summed E-state index contributed by atoms with van der Waals surface area (Å²) in [6.07, 6.45) is -0.427. The van der Waals surface area contributed by atoms with Crippen LogP contribution in [0.5, 0.6) is 11.5 Å². The number of aliphatic hydroxyl groups is 2. The summed E-state index contributed by atoms with van der Waals surface area (Å²) in [5.41, 5.74) is 1.41. The SMILES string of the molecule is COC1=C2C(CCN(C)[C@H]2[C@H]2OC(=O)c3c2ccc(OC)c3OC)C(C)(S(=O)(=O)N(CCO)CCO)C2=C1OCO2. The summed E-state index contributed by atoms with van der Waals surface area (Å²) in [6, 6.07) is 2.81. The molecule has 41 heavy (non-hydrogen) atoms. The fourth-order valence-electron chi connectivity index (χ4n) is 6.65. The van der Waals surface area contributed by atoms with Crippen LogP contribution in [-0.4, -0.2) is 113 Å². The minimum Gasteiger partial charge on any atom is -0.493 e. The lowest BCUT2D eigenvalue weighted by Gasteiger charge is -2.50. The lowest BCUT2D eigenvalue weighted by molar-refractivity contribution is 0.00747. The number of methoxy groups -OCH3 is 3. The van der Waals surface area contributed by atoms with Crippen molar-refractivity contribution in [2.75, 3.05) is 68.0 Å². The predicted molar refractivity (Wildman–Crippen MR) is 143 cm³/mol. The van der Waals surface area contributed by atoms with E-state index in [0.717, 1.165) is 4.31 Å². The molecule has 5 rings (SSSR count). The highest BCUT2D eigenvalue weighted by Gasteiger charge is 2.63. The van der Waals surface area contributed by atoms with Crippen molar-refractivity contribution in [3.05, 3.63) is 46.1 Å². The molecule has 13 nitrogen and oxygen atoms in total. The number of ether oxygens (including phenoxy) is 6. The number of carbonyl (C=O) groups is 1. The summed E-state index contributed by atoms with van der Waals surface area (Å²) < 4.78 is 62.7. The van der Waals surface area contributed by atoms with Gasteiger partial charge in [0.2, 0.25) is 22.6 Å². The van der Waals surface area contributed by atoms with Gasteiger partial charge >= 0.3 is 5.97 Å². The van der Waals surface area contributed by atoms with Gasteiger partial charge in [0, 0.05) is 30.1 Å². The molecule has 4 atom stereocenters. The number of hydrogen-bond acceptors (Lipinski definition) is 12. The maximum Gasteiger partial charge on any atom is 0.343 e.